The van der Waals surface area contributed by atoms with Crippen LogP contribution >= 0.6 is 0 Å². The van der Waals surface area contributed by atoms with Gasteiger partial charge in [0.1, 0.15) is 17.4 Å². The number of hydrogen-bond donors (Lipinski definition) is 1. The molecule has 16 heavy (non-hydrogen) atoms. The van der Waals surface area contributed by atoms with Crippen molar-refractivity contribution < 1.29 is 18.6 Å². The molecule has 0 saturated heterocycles. The molecule has 0 aliphatic carbocycles. The Labute approximate surface area is 93.9 Å². The fourth-order valence-electron chi connectivity index (χ4n) is 1.56. The molecular weight excluding hydrogens is 214 g/mol. The predicted octanol–water partition coefficient (Wildman–Crippen LogP) is 3.05. The molecule has 1 rings (SSSR count). The van der Waals surface area contributed by atoms with Crippen molar-refractivity contribution in [2.75, 3.05) is 7.11 Å². The quantitative estimate of drug-likeness (QED) is 0.861. The summed E-state index contributed by atoms with van der Waals surface area (Å²) in [6.07, 6.45) is -0.800. The Kier molecular flexibility index (Phi) is 4.24. The van der Waals surface area contributed by atoms with Crippen LogP contribution in [0.1, 0.15) is 31.9 Å². The van der Waals surface area contributed by atoms with E-state index in [1.165, 1.54) is 7.11 Å². The lowest BCUT2D eigenvalue weighted by molar-refractivity contribution is 0.142. The largest absolute Gasteiger partial charge is 0.497 e. The number of benzene rings is 1. The number of hydrogen-bond acceptors (Lipinski definition) is 2. The van der Waals surface area contributed by atoms with Crippen LogP contribution < -0.4 is 4.74 Å². The van der Waals surface area contributed by atoms with Crippen molar-refractivity contribution in [2.45, 2.75) is 26.4 Å². The van der Waals surface area contributed by atoms with Gasteiger partial charge in [-0.15, -0.1) is 0 Å². The molecule has 0 aliphatic heterocycles. The zero-order valence-corrected chi connectivity index (χ0v) is 9.63. The third-order valence-electron chi connectivity index (χ3n) is 2.32. The first-order valence-corrected chi connectivity index (χ1v) is 5.16. The number of aliphatic hydroxyl groups excluding tert-OH is 1. The molecule has 0 radical (unpaired) electrons. The van der Waals surface area contributed by atoms with Gasteiger partial charge in [0.15, 0.2) is 0 Å². The van der Waals surface area contributed by atoms with Gasteiger partial charge in [0.2, 0.25) is 0 Å². The Morgan fingerprint density at radius 2 is 1.75 bits per heavy atom. The van der Waals surface area contributed by atoms with Crippen LogP contribution in [-0.2, 0) is 0 Å². The molecule has 1 aromatic carbocycles. The Balaban J connectivity index is 3.04. The maximum Gasteiger partial charge on any atom is 0.135 e. The summed E-state index contributed by atoms with van der Waals surface area (Å²) in [5, 5.41) is 9.70. The maximum absolute atomic E-state index is 13.5. The van der Waals surface area contributed by atoms with Crippen molar-refractivity contribution in [3.8, 4) is 5.75 Å². The van der Waals surface area contributed by atoms with E-state index in [9.17, 15) is 13.9 Å². The molecule has 0 bridgehead atoms. The molecule has 0 fully saturated rings. The lowest BCUT2D eigenvalue weighted by Crippen LogP contribution is -2.07. The number of halogens is 2. The molecule has 0 aliphatic rings. The topological polar surface area (TPSA) is 29.5 Å². The van der Waals surface area contributed by atoms with E-state index in [1.54, 1.807) is 0 Å². The summed E-state index contributed by atoms with van der Waals surface area (Å²) in [5.74, 6) is -1.28. The van der Waals surface area contributed by atoms with Crippen molar-refractivity contribution >= 4 is 0 Å². The molecule has 1 aromatic rings. The zero-order valence-electron chi connectivity index (χ0n) is 9.63. The second-order valence-electron chi connectivity index (χ2n) is 4.15. The van der Waals surface area contributed by atoms with Crippen LogP contribution in [0.3, 0.4) is 0 Å². The van der Waals surface area contributed by atoms with Crippen LogP contribution in [0.25, 0.3) is 0 Å². The van der Waals surface area contributed by atoms with Gasteiger partial charge in [-0.2, -0.15) is 0 Å². The van der Waals surface area contributed by atoms with Gasteiger partial charge in [0.05, 0.1) is 18.8 Å². The van der Waals surface area contributed by atoms with E-state index in [1.807, 2.05) is 13.8 Å². The highest BCUT2D eigenvalue weighted by atomic mass is 19.1. The number of ether oxygens (including phenoxy) is 1. The zero-order chi connectivity index (χ0) is 12.3. The van der Waals surface area contributed by atoms with Crippen LogP contribution in [0.4, 0.5) is 8.78 Å². The molecule has 4 heteroatoms. The summed E-state index contributed by atoms with van der Waals surface area (Å²) >= 11 is 0. The molecular formula is C12H16F2O2. The monoisotopic (exact) mass is 230 g/mol. The third kappa shape index (κ3) is 2.92. The molecule has 90 valence electrons. The van der Waals surface area contributed by atoms with E-state index in [0.717, 1.165) is 12.1 Å². The van der Waals surface area contributed by atoms with Gasteiger partial charge in [0, 0.05) is 12.1 Å². The van der Waals surface area contributed by atoms with Gasteiger partial charge in [-0.25, -0.2) is 8.78 Å². The van der Waals surface area contributed by atoms with Gasteiger partial charge in [-0.05, 0) is 12.3 Å². The summed E-state index contributed by atoms with van der Waals surface area (Å²) in [6.45, 7) is 3.76. The SMILES string of the molecule is COc1cc(F)c(C(O)CC(C)C)c(F)c1. The van der Waals surface area contributed by atoms with Gasteiger partial charge in [-0.3, -0.25) is 0 Å². The highest BCUT2D eigenvalue weighted by molar-refractivity contribution is 5.31. The second kappa shape index (κ2) is 5.25. The molecule has 2 nitrogen and oxygen atoms in total. The predicted molar refractivity (Wildman–Crippen MR) is 57.3 cm³/mol. The fourth-order valence-corrected chi connectivity index (χ4v) is 1.56. The normalized spacial score (nSPS) is 12.9. The van der Waals surface area contributed by atoms with E-state index in [0.29, 0.717) is 6.42 Å². The lowest BCUT2D eigenvalue weighted by atomic mass is 9.98. The van der Waals surface area contributed by atoms with Gasteiger partial charge in [-0.1, -0.05) is 13.8 Å². The molecule has 0 saturated carbocycles. The van der Waals surface area contributed by atoms with Crippen LogP contribution in [-0.4, -0.2) is 12.2 Å². The van der Waals surface area contributed by atoms with E-state index < -0.39 is 17.7 Å². The van der Waals surface area contributed by atoms with Crippen molar-refractivity contribution in [3.63, 3.8) is 0 Å². The molecule has 0 amide bonds. The Hall–Kier alpha value is -1.16. The highest BCUT2D eigenvalue weighted by Crippen LogP contribution is 2.29. The minimum Gasteiger partial charge on any atom is -0.497 e. The van der Waals surface area contributed by atoms with Crippen LogP contribution in [0.2, 0.25) is 0 Å². The molecule has 1 atom stereocenters. The van der Waals surface area contributed by atoms with E-state index >= 15 is 0 Å². The van der Waals surface area contributed by atoms with Gasteiger partial charge in [0.25, 0.3) is 0 Å². The Morgan fingerprint density at radius 1 is 1.25 bits per heavy atom. The van der Waals surface area contributed by atoms with E-state index in [2.05, 4.69) is 0 Å². The molecule has 0 aromatic heterocycles. The lowest BCUT2D eigenvalue weighted by Gasteiger charge is -2.15. The standard InChI is InChI=1S/C12H16F2O2/c1-7(2)4-11(15)12-9(13)5-8(16-3)6-10(12)14/h5-7,11,15H,4H2,1-3H3. The highest BCUT2D eigenvalue weighted by Gasteiger charge is 2.20. The van der Waals surface area contributed by atoms with Crippen molar-refractivity contribution in [1.29, 1.82) is 0 Å². The van der Waals surface area contributed by atoms with E-state index in [4.69, 9.17) is 4.74 Å². The first-order chi connectivity index (χ1) is 7.45. The van der Waals surface area contributed by atoms with E-state index in [-0.39, 0.29) is 17.2 Å². The van der Waals surface area contributed by atoms with Gasteiger partial charge >= 0.3 is 0 Å². The second-order valence-corrected chi connectivity index (χ2v) is 4.15. The summed E-state index contributed by atoms with van der Waals surface area (Å²) in [5.41, 5.74) is -0.283. The minimum atomic E-state index is -1.12. The maximum atomic E-state index is 13.5. The average Bonchev–Trinajstić information content (AvgIpc) is 2.15. The van der Waals surface area contributed by atoms with Gasteiger partial charge < -0.3 is 9.84 Å². The minimum absolute atomic E-state index is 0.107. The smallest absolute Gasteiger partial charge is 0.135 e. The van der Waals surface area contributed by atoms with Crippen LogP contribution in [0, 0.1) is 17.6 Å². The Morgan fingerprint density at radius 3 is 2.12 bits per heavy atom. The number of aliphatic hydroxyl groups is 1. The summed E-state index contributed by atoms with van der Waals surface area (Å²) in [6, 6.07) is 2.14. The number of rotatable bonds is 4. The Bertz CT molecular complexity index is 341. The first-order valence-electron chi connectivity index (χ1n) is 5.16. The third-order valence-corrected chi connectivity index (χ3v) is 2.32. The van der Waals surface area contributed by atoms with Crippen molar-refractivity contribution in [2.24, 2.45) is 5.92 Å². The average molecular weight is 230 g/mol. The van der Waals surface area contributed by atoms with Crippen molar-refractivity contribution in [3.05, 3.63) is 29.3 Å². The molecule has 0 spiro atoms. The summed E-state index contributed by atoms with van der Waals surface area (Å²) in [4.78, 5) is 0. The molecule has 1 N–H and O–H groups in total. The molecule has 0 heterocycles. The number of methoxy groups -OCH3 is 1. The summed E-state index contributed by atoms with van der Waals surface area (Å²) in [7, 11) is 1.33. The van der Waals surface area contributed by atoms with Crippen LogP contribution in [0.15, 0.2) is 12.1 Å². The van der Waals surface area contributed by atoms with Crippen molar-refractivity contribution in [1.82, 2.24) is 0 Å². The summed E-state index contributed by atoms with van der Waals surface area (Å²) < 4.78 is 31.8. The molecule has 1 unspecified atom stereocenters. The fraction of sp³-hybridized carbons (Fsp3) is 0.500. The van der Waals surface area contributed by atoms with Crippen LogP contribution in [0.5, 0.6) is 5.75 Å². The first kappa shape index (κ1) is 12.9.